The van der Waals surface area contributed by atoms with Crippen LogP contribution in [0.25, 0.3) is 22.5 Å². The first-order valence-corrected chi connectivity index (χ1v) is 13.8. The summed E-state index contributed by atoms with van der Waals surface area (Å²) in [5.41, 5.74) is 14.3. The summed E-state index contributed by atoms with van der Waals surface area (Å²) in [6, 6.07) is 22.0. The SMILES string of the molecule is C=C(N)CC1CCC(c2ccc(-c3ccc(CNc4nc(-c5cc(C)ccc5F)ccc4C)cn3)cc2)CC1. The van der Waals surface area contributed by atoms with E-state index >= 15 is 0 Å². The van der Waals surface area contributed by atoms with Crippen LogP contribution in [0.2, 0.25) is 0 Å². The van der Waals surface area contributed by atoms with Gasteiger partial charge in [0.05, 0.1) is 11.4 Å². The minimum atomic E-state index is -0.266. The third kappa shape index (κ3) is 6.54. The Hall–Kier alpha value is -3.99. The molecule has 1 aliphatic carbocycles. The van der Waals surface area contributed by atoms with Crippen LogP contribution >= 0.6 is 0 Å². The summed E-state index contributed by atoms with van der Waals surface area (Å²) < 4.78 is 14.4. The molecule has 1 fully saturated rings. The third-order valence-electron chi connectivity index (χ3n) is 7.85. The molecule has 0 spiro atoms. The summed E-state index contributed by atoms with van der Waals surface area (Å²) in [5, 5.41) is 3.40. The van der Waals surface area contributed by atoms with Crippen LogP contribution in [0.15, 0.2) is 85.2 Å². The molecule has 5 rings (SSSR count). The van der Waals surface area contributed by atoms with Gasteiger partial charge in [0.25, 0.3) is 0 Å². The van der Waals surface area contributed by atoms with Crippen LogP contribution in [-0.2, 0) is 6.54 Å². The molecule has 2 aromatic carbocycles. The van der Waals surface area contributed by atoms with Crippen LogP contribution in [-0.4, -0.2) is 9.97 Å². The lowest BCUT2D eigenvalue weighted by Crippen LogP contribution is -2.15. The Morgan fingerprint density at radius 2 is 1.69 bits per heavy atom. The lowest BCUT2D eigenvalue weighted by Gasteiger charge is -2.29. The van der Waals surface area contributed by atoms with E-state index in [4.69, 9.17) is 15.7 Å². The molecule has 5 heteroatoms. The number of rotatable bonds is 8. The fraction of sp³-hybridized carbons (Fsp3) is 0.294. The van der Waals surface area contributed by atoms with Gasteiger partial charge < -0.3 is 11.1 Å². The minimum absolute atomic E-state index is 0.266. The van der Waals surface area contributed by atoms with Gasteiger partial charge in [0.15, 0.2) is 0 Å². The average molecular weight is 521 g/mol. The zero-order valence-electron chi connectivity index (χ0n) is 22.9. The van der Waals surface area contributed by atoms with E-state index in [1.807, 2.05) is 38.2 Å². The number of nitrogens with zero attached hydrogens (tertiary/aromatic N) is 2. The van der Waals surface area contributed by atoms with Gasteiger partial charge >= 0.3 is 0 Å². The maximum Gasteiger partial charge on any atom is 0.132 e. The van der Waals surface area contributed by atoms with Gasteiger partial charge in [-0.1, -0.05) is 54.6 Å². The van der Waals surface area contributed by atoms with Crippen molar-refractivity contribution in [2.45, 2.75) is 58.4 Å². The van der Waals surface area contributed by atoms with Crippen molar-refractivity contribution in [2.75, 3.05) is 5.32 Å². The van der Waals surface area contributed by atoms with Crippen LogP contribution in [0.4, 0.5) is 10.2 Å². The highest BCUT2D eigenvalue weighted by molar-refractivity contribution is 5.64. The Balaban J connectivity index is 1.20. The monoisotopic (exact) mass is 520 g/mol. The fourth-order valence-electron chi connectivity index (χ4n) is 5.58. The van der Waals surface area contributed by atoms with Crippen molar-refractivity contribution in [3.8, 4) is 22.5 Å². The molecule has 0 bridgehead atoms. The highest BCUT2D eigenvalue weighted by Gasteiger charge is 2.22. The van der Waals surface area contributed by atoms with E-state index in [1.165, 1.54) is 37.3 Å². The third-order valence-corrected chi connectivity index (χ3v) is 7.85. The Morgan fingerprint density at radius 3 is 2.38 bits per heavy atom. The topological polar surface area (TPSA) is 63.8 Å². The van der Waals surface area contributed by atoms with Crippen LogP contribution in [0.1, 0.15) is 60.3 Å². The first kappa shape index (κ1) is 26.6. The molecule has 0 radical (unpaired) electrons. The van der Waals surface area contributed by atoms with Crippen molar-refractivity contribution in [1.29, 1.82) is 0 Å². The molecule has 0 atom stereocenters. The number of allylic oxidation sites excluding steroid dienone is 1. The Labute approximate surface area is 231 Å². The number of hydrogen-bond donors (Lipinski definition) is 2. The summed E-state index contributed by atoms with van der Waals surface area (Å²) in [6.45, 7) is 8.41. The van der Waals surface area contributed by atoms with Crippen molar-refractivity contribution < 1.29 is 4.39 Å². The van der Waals surface area contributed by atoms with Gasteiger partial charge in [0.1, 0.15) is 11.6 Å². The molecular weight excluding hydrogens is 483 g/mol. The number of aromatic nitrogens is 2. The predicted molar refractivity (Wildman–Crippen MR) is 159 cm³/mol. The van der Waals surface area contributed by atoms with Crippen LogP contribution in [0.3, 0.4) is 0 Å². The zero-order chi connectivity index (χ0) is 27.4. The molecule has 1 saturated carbocycles. The molecule has 2 aromatic heterocycles. The minimum Gasteiger partial charge on any atom is -0.403 e. The molecule has 4 aromatic rings. The van der Waals surface area contributed by atoms with E-state index < -0.39 is 0 Å². The van der Waals surface area contributed by atoms with Crippen molar-refractivity contribution in [3.63, 3.8) is 0 Å². The van der Waals surface area contributed by atoms with Crippen molar-refractivity contribution >= 4 is 5.82 Å². The molecule has 0 aliphatic heterocycles. The first-order chi connectivity index (χ1) is 18.9. The Bertz CT molecular complexity index is 1440. The number of pyridine rings is 2. The smallest absolute Gasteiger partial charge is 0.132 e. The second-order valence-corrected chi connectivity index (χ2v) is 11.0. The van der Waals surface area contributed by atoms with E-state index in [-0.39, 0.29) is 5.82 Å². The van der Waals surface area contributed by atoms with Crippen LogP contribution in [0, 0.1) is 25.6 Å². The molecule has 0 amide bonds. The summed E-state index contributed by atoms with van der Waals surface area (Å²) in [6.07, 6.45) is 7.74. The number of hydrogen-bond acceptors (Lipinski definition) is 4. The second kappa shape index (κ2) is 11.8. The van der Waals surface area contributed by atoms with E-state index in [1.54, 1.807) is 6.07 Å². The van der Waals surface area contributed by atoms with Crippen molar-refractivity contribution in [3.05, 3.63) is 113 Å². The first-order valence-electron chi connectivity index (χ1n) is 13.8. The van der Waals surface area contributed by atoms with Gasteiger partial charge in [-0.3, -0.25) is 4.98 Å². The lowest BCUT2D eigenvalue weighted by atomic mass is 9.77. The van der Waals surface area contributed by atoms with E-state index in [0.29, 0.717) is 29.6 Å². The number of aryl methyl sites for hydroxylation is 2. The van der Waals surface area contributed by atoms with Gasteiger partial charge in [0, 0.05) is 29.6 Å². The van der Waals surface area contributed by atoms with Gasteiger partial charge in [-0.2, -0.15) is 0 Å². The fourth-order valence-corrected chi connectivity index (χ4v) is 5.58. The van der Waals surface area contributed by atoms with Gasteiger partial charge in [-0.15, -0.1) is 0 Å². The van der Waals surface area contributed by atoms with Gasteiger partial charge in [0.2, 0.25) is 0 Å². The highest BCUT2D eigenvalue weighted by Crippen LogP contribution is 2.38. The summed E-state index contributed by atoms with van der Waals surface area (Å²) in [4.78, 5) is 9.43. The molecule has 200 valence electrons. The molecule has 2 heterocycles. The molecule has 0 unspecified atom stereocenters. The number of halogens is 1. The van der Waals surface area contributed by atoms with Crippen LogP contribution < -0.4 is 11.1 Å². The molecule has 4 nitrogen and oxygen atoms in total. The zero-order valence-corrected chi connectivity index (χ0v) is 22.9. The molecule has 3 N–H and O–H groups in total. The predicted octanol–water partition coefficient (Wildman–Crippen LogP) is 8.31. The van der Waals surface area contributed by atoms with Crippen molar-refractivity contribution in [1.82, 2.24) is 9.97 Å². The summed E-state index contributed by atoms with van der Waals surface area (Å²) >= 11 is 0. The summed E-state index contributed by atoms with van der Waals surface area (Å²) in [7, 11) is 0. The maximum atomic E-state index is 14.4. The number of nitrogens with two attached hydrogens (primary N) is 1. The largest absolute Gasteiger partial charge is 0.403 e. The van der Waals surface area contributed by atoms with Gasteiger partial charge in [-0.25, -0.2) is 9.37 Å². The van der Waals surface area contributed by atoms with E-state index in [9.17, 15) is 4.39 Å². The van der Waals surface area contributed by atoms with Gasteiger partial charge in [-0.05, 0) is 98.7 Å². The second-order valence-electron chi connectivity index (χ2n) is 11.0. The normalized spacial score (nSPS) is 17.1. The Kier molecular flexibility index (Phi) is 8.06. The molecular formula is C34H37FN4. The van der Waals surface area contributed by atoms with Crippen LogP contribution in [0.5, 0.6) is 0 Å². The summed E-state index contributed by atoms with van der Waals surface area (Å²) in [5.74, 6) is 1.79. The maximum absolute atomic E-state index is 14.4. The lowest BCUT2D eigenvalue weighted by molar-refractivity contribution is 0.323. The van der Waals surface area contributed by atoms with E-state index in [2.05, 4.69) is 48.3 Å². The highest BCUT2D eigenvalue weighted by atomic mass is 19.1. The standard InChI is InChI=1S/C34H37FN4/c1-22-4-15-31(35)30(18-22)33-16-5-23(2)34(39-33)38-21-26-8-17-32(37-20-26)29-13-11-28(12-14-29)27-9-6-25(7-10-27)19-24(3)36/h4-5,8,11-18,20,25,27H,3,6-7,9-10,19,21,36H2,1-2H3,(H,38,39). The quantitative estimate of drug-likeness (QED) is 0.245. The number of nitrogens with one attached hydrogen (secondary N) is 1. The van der Waals surface area contributed by atoms with E-state index in [0.717, 1.165) is 45.9 Å². The van der Waals surface area contributed by atoms with Crippen molar-refractivity contribution in [2.24, 2.45) is 11.7 Å². The molecule has 1 aliphatic rings. The average Bonchev–Trinajstić information content (AvgIpc) is 2.94. The molecule has 0 saturated heterocycles. The Morgan fingerprint density at radius 1 is 0.949 bits per heavy atom. The number of benzene rings is 2. The number of anilines is 1. The molecule has 39 heavy (non-hydrogen) atoms.